The van der Waals surface area contributed by atoms with Gasteiger partial charge >= 0.3 is 0 Å². The molecule has 0 spiro atoms. The molecule has 0 saturated carbocycles. The third-order valence-electron chi connectivity index (χ3n) is 2.62. The second-order valence-corrected chi connectivity index (χ2v) is 4.86. The van der Waals surface area contributed by atoms with Crippen LogP contribution in [-0.2, 0) is 0 Å². The molecule has 1 aromatic rings. The van der Waals surface area contributed by atoms with Gasteiger partial charge in [0.15, 0.2) is 0 Å². The van der Waals surface area contributed by atoms with E-state index in [2.05, 4.69) is 36.4 Å². The van der Waals surface area contributed by atoms with Crippen LogP contribution in [-0.4, -0.2) is 22.5 Å². The fourth-order valence-corrected chi connectivity index (χ4v) is 1.85. The maximum absolute atomic E-state index is 10.8. The molecule has 0 aliphatic rings. The van der Waals surface area contributed by atoms with Crippen LogP contribution in [0.4, 0.5) is 17.3 Å². The highest BCUT2D eigenvalue weighted by Gasteiger charge is 2.19. The highest BCUT2D eigenvalue weighted by molar-refractivity contribution is 5.55. The summed E-state index contributed by atoms with van der Waals surface area (Å²) in [6, 6.07) is 2.87. The van der Waals surface area contributed by atoms with Gasteiger partial charge < -0.3 is 10.6 Å². The molecule has 0 atom stereocenters. The zero-order valence-electron chi connectivity index (χ0n) is 11.3. The third-order valence-corrected chi connectivity index (χ3v) is 2.62. The van der Waals surface area contributed by atoms with Gasteiger partial charge in [0.25, 0.3) is 5.69 Å². The van der Waals surface area contributed by atoms with Gasteiger partial charge in [0.1, 0.15) is 11.6 Å². The summed E-state index contributed by atoms with van der Waals surface area (Å²) >= 11 is 0. The van der Waals surface area contributed by atoms with Crippen molar-refractivity contribution in [3.05, 3.63) is 22.2 Å². The van der Waals surface area contributed by atoms with Crippen molar-refractivity contribution in [2.45, 2.75) is 39.2 Å². The van der Waals surface area contributed by atoms with Crippen LogP contribution < -0.4 is 10.6 Å². The molecule has 0 radical (unpaired) electrons. The largest absolute Gasteiger partial charge is 0.373 e. The van der Waals surface area contributed by atoms with Crippen molar-refractivity contribution >= 4 is 17.3 Å². The topological polar surface area (TPSA) is 80.1 Å². The molecule has 6 heteroatoms. The summed E-state index contributed by atoms with van der Waals surface area (Å²) in [6.45, 7) is 6.20. The third kappa shape index (κ3) is 3.87. The first-order chi connectivity index (χ1) is 8.38. The molecule has 0 amide bonds. The first-order valence-electron chi connectivity index (χ1n) is 6.00. The zero-order chi connectivity index (χ0) is 13.8. The average molecular weight is 252 g/mol. The van der Waals surface area contributed by atoms with Gasteiger partial charge in [-0.1, -0.05) is 13.3 Å². The molecule has 0 aliphatic heterocycles. The number of anilines is 2. The zero-order valence-corrected chi connectivity index (χ0v) is 11.3. The van der Waals surface area contributed by atoms with Crippen molar-refractivity contribution < 1.29 is 4.92 Å². The van der Waals surface area contributed by atoms with Crippen molar-refractivity contribution in [3.63, 3.8) is 0 Å². The van der Waals surface area contributed by atoms with Gasteiger partial charge in [0.05, 0.1) is 17.1 Å². The number of nitro groups is 1. The minimum absolute atomic E-state index is 0.0316. The van der Waals surface area contributed by atoms with Gasteiger partial charge in [-0.05, 0) is 20.3 Å². The predicted octanol–water partition coefficient (Wildman–Crippen LogP) is 3.02. The molecule has 0 bridgehead atoms. The Labute approximate surface area is 107 Å². The molecule has 0 aromatic carbocycles. The highest BCUT2D eigenvalue weighted by Crippen LogP contribution is 2.24. The SMILES string of the molecule is CCCC(C)(C)Nc1cc([N+](=O)[O-])cc(NC)n1. The standard InChI is InChI=1S/C12H20N4O2/c1-5-6-12(2,3)15-11-8-9(16(17)18)7-10(13-4)14-11/h7-8H,5-6H2,1-4H3,(H2,13,14,15). The minimum atomic E-state index is -0.416. The van der Waals surface area contributed by atoms with Crippen LogP contribution in [0.25, 0.3) is 0 Å². The molecule has 1 rings (SSSR count). The van der Waals surface area contributed by atoms with E-state index in [1.54, 1.807) is 7.05 Å². The first kappa shape index (κ1) is 14.2. The molecule has 6 nitrogen and oxygen atoms in total. The van der Waals surface area contributed by atoms with Gasteiger partial charge in [0.2, 0.25) is 0 Å². The van der Waals surface area contributed by atoms with Crippen molar-refractivity contribution in [2.75, 3.05) is 17.7 Å². The minimum Gasteiger partial charge on any atom is -0.373 e. The van der Waals surface area contributed by atoms with Crippen LogP contribution in [0.1, 0.15) is 33.6 Å². The normalized spacial score (nSPS) is 11.1. The monoisotopic (exact) mass is 252 g/mol. The lowest BCUT2D eigenvalue weighted by Gasteiger charge is -2.26. The number of rotatable bonds is 6. The molecule has 100 valence electrons. The molecular weight excluding hydrogens is 232 g/mol. The van der Waals surface area contributed by atoms with Crippen LogP contribution in [0.3, 0.4) is 0 Å². The second-order valence-electron chi connectivity index (χ2n) is 4.86. The summed E-state index contributed by atoms with van der Waals surface area (Å²) in [6.07, 6.45) is 2.00. The van der Waals surface area contributed by atoms with E-state index in [0.717, 1.165) is 12.8 Å². The molecular formula is C12H20N4O2. The Morgan fingerprint density at radius 2 is 2.00 bits per heavy atom. The van der Waals surface area contributed by atoms with Crippen molar-refractivity contribution in [1.82, 2.24) is 4.98 Å². The van der Waals surface area contributed by atoms with Gasteiger partial charge in [0, 0.05) is 12.6 Å². The van der Waals surface area contributed by atoms with Gasteiger partial charge in [-0.3, -0.25) is 10.1 Å². The van der Waals surface area contributed by atoms with Crippen LogP contribution in [0.5, 0.6) is 0 Å². The van der Waals surface area contributed by atoms with Crippen LogP contribution in [0.2, 0.25) is 0 Å². The molecule has 0 saturated heterocycles. The number of nitrogens with zero attached hydrogens (tertiary/aromatic N) is 2. The Morgan fingerprint density at radius 1 is 1.39 bits per heavy atom. The summed E-state index contributed by atoms with van der Waals surface area (Å²) in [5.74, 6) is 1.01. The van der Waals surface area contributed by atoms with Crippen LogP contribution >= 0.6 is 0 Å². The summed E-state index contributed by atoms with van der Waals surface area (Å²) in [7, 11) is 1.69. The van der Waals surface area contributed by atoms with E-state index in [0.29, 0.717) is 11.6 Å². The molecule has 0 fully saturated rings. The number of pyridine rings is 1. The van der Waals surface area contributed by atoms with E-state index >= 15 is 0 Å². The fourth-order valence-electron chi connectivity index (χ4n) is 1.85. The number of hydrogen-bond donors (Lipinski definition) is 2. The Morgan fingerprint density at radius 3 is 2.50 bits per heavy atom. The predicted molar refractivity (Wildman–Crippen MR) is 73.0 cm³/mol. The number of aromatic nitrogens is 1. The van der Waals surface area contributed by atoms with E-state index in [9.17, 15) is 10.1 Å². The quantitative estimate of drug-likeness (QED) is 0.601. The molecule has 0 unspecified atom stereocenters. The number of hydrogen-bond acceptors (Lipinski definition) is 5. The lowest BCUT2D eigenvalue weighted by atomic mass is 9.99. The summed E-state index contributed by atoms with van der Waals surface area (Å²) in [5, 5.41) is 16.9. The molecule has 1 heterocycles. The van der Waals surface area contributed by atoms with E-state index in [-0.39, 0.29) is 11.2 Å². The lowest BCUT2D eigenvalue weighted by Crippen LogP contribution is -2.31. The Bertz CT molecular complexity index is 432. The van der Waals surface area contributed by atoms with E-state index < -0.39 is 4.92 Å². The number of nitrogens with one attached hydrogen (secondary N) is 2. The van der Waals surface area contributed by atoms with E-state index in [1.165, 1.54) is 12.1 Å². The van der Waals surface area contributed by atoms with Gasteiger partial charge in [-0.25, -0.2) is 4.98 Å². The van der Waals surface area contributed by atoms with Crippen LogP contribution in [0, 0.1) is 10.1 Å². The Hall–Kier alpha value is -1.85. The highest BCUT2D eigenvalue weighted by atomic mass is 16.6. The molecule has 1 aromatic heterocycles. The summed E-state index contributed by atoms with van der Waals surface area (Å²) in [5.41, 5.74) is -0.105. The van der Waals surface area contributed by atoms with Gasteiger partial charge in [-0.2, -0.15) is 0 Å². The Kier molecular flexibility index (Phi) is 4.47. The molecule has 18 heavy (non-hydrogen) atoms. The maximum Gasteiger partial charge on any atom is 0.276 e. The smallest absolute Gasteiger partial charge is 0.276 e. The maximum atomic E-state index is 10.8. The van der Waals surface area contributed by atoms with Crippen molar-refractivity contribution in [1.29, 1.82) is 0 Å². The molecule has 0 aliphatic carbocycles. The summed E-state index contributed by atoms with van der Waals surface area (Å²) < 4.78 is 0. The van der Waals surface area contributed by atoms with Gasteiger partial charge in [-0.15, -0.1) is 0 Å². The Balaban J connectivity index is 3.01. The lowest BCUT2D eigenvalue weighted by molar-refractivity contribution is -0.384. The fraction of sp³-hybridized carbons (Fsp3) is 0.583. The van der Waals surface area contributed by atoms with E-state index in [1.807, 2.05) is 0 Å². The second kappa shape index (κ2) is 5.66. The van der Waals surface area contributed by atoms with Crippen molar-refractivity contribution in [2.24, 2.45) is 0 Å². The van der Waals surface area contributed by atoms with E-state index in [4.69, 9.17) is 0 Å². The van der Waals surface area contributed by atoms with Crippen LogP contribution in [0.15, 0.2) is 12.1 Å². The summed E-state index contributed by atoms with van der Waals surface area (Å²) in [4.78, 5) is 14.7. The average Bonchev–Trinajstić information content (AvgIpc) is 2.27. The van der Waals surface area contributed by atoms with Crippen molar-refractivity contribution in [3.8, 4) is 0 Å². The molecule has 2 N–H and O–H groups in total. The first-order valence-corrected chi connectivity index (χ1v) is 6.00.